The molecular weight excluding hydrogens is 340 g/mol. The first kappa shape index (κ1) is 21.7. The average Bonchev–Trinajstić information content (AvgIpc) is 3.30. The van der Waals surface area contributed by atoms with Gasteiger partial charge in [0.2, 0.25) is 0 Å². The van der Waals surface area contributed by atoms with E-state index in [0.29, 0.717) is 5.92 Å². The van der Waals surface area contributed by atoms with Crippen molar-refractivity contribution in [1.82, 2.24) is 0 Å². The molecule has 0 spiro atoms. The fourth-order valence-corrected chi connectivity index (χ4v) is 5.24. The minimum Gasteiger partial charge on any atom is -0.456 e. The summed E-state index contributed by atoms with van der Waals surface area (Å²) < 4.78 is 11.0. The Labute approximate surface area is 164 Å². The Morgan fingerprint density at radius 1 is 0.963 bits per heavy atom. The first-order valence-electron chi connectivity index (χ1n) is 10.6. The van der Waals surface area contributed by atoms with Gasteiger partial charge in [-0.2, -0.15) is 0 Å². The molecule has 3 atom stereocenters. The second-order valence-corrected chi connectivity index (χ2v) is 8.35. The molecule has 3 aliphatic rings. The maximum absolute atomic E-state index is 11.3. The van der Waals surface area contributed by atoms with Crippen molar-refractivity contribution >= 4 is 11.9 Å². The van der Waals surface area contributed by atoms with E-state index in [-0.39, 0.29) is 23.1 Å². The molecule has 0 radical (unpaired) electrons. The summed E-state index contributed by atoms with van der Waals surface area (Å²) in [5, 5.41) is 0. The molecule has 0 aromatic heterocycles. The van der Waals surface area contributed by atoms with Gasteiger partial charge in [-0.1, -0.05) is 33.4 Å². The molecule has 0 saturated heterocycles. The van der Waals surface area contributed by atoms with Crippen molar-refractivity contribution in [3.63, 3.8) is 0 Å². The van der Waals surface area contributed by atoms with Gasteiger partial charge in [0.05, 0.1) is 0 Å². The molecule has 3 fully saturated rings. The maximum atomic E-state index is 11.3. The van der Waals surface area contributed by atoms with E-state index in [1.807, 2.05) is 0 Å². The van der Waals surface area contributed by atoms with Gasteiger partial charge >= 0.3 is 11.9 Å². The fourth-order valence-electron chi connectivity index (χ4n) is 5.24. The minimum absolute atomic E-state index is 0.145. The molecule has 0 N–H and O–H groups in total. The third-order valence-electron chi connectivity index (χ3n) is 6.88. The molecule has 3 rings (SSSR count). The highest BCUT2D eigenvalue weighted by Gasteiger charge is 2.52. The second kappa shape index (κ2) is 9.57. The van der Waals surface area contributed by atoms with Gasteiger partial charge < -0.3 is 9.47 Å². The Bertz CT molecular complexity index is 547. The van der Waals surface area contributed by atoms with Gasteiger partial charge in [-0.3, -0.25) is 0 Å². The molecule has 4 heteroatoms. The van der Waals surface area contributed by atoms with E-state index in [1.165, 1.54) is 50.7 Å². The van der Waals surface area contributed by atoms with E-state index in [2.05, 4.69) is 27.0 Å². The lowest BCUT2D eigenvalue weighted by molar-refractivity contribution is -0.160. The van der Waals surface area contributed by atoms with Gasteiger partial charge in [0.25, 0.3) is 0 Å². The molecule has 0 aromatic carbocycles. The van der Waals surface area contributed by atoms with E-state index in [4.69, 9.17) is 9.47 Å². The average molecular weight is 377 g/mol. The van der Waals surface area contributed by atoms with E-state index in [9.17, 15) is 9.59 Å². The largest absolute Gasteiger partial charge is 0.456 e. The van der Waals surface area contributed by atoms with E-state index in [1.54, 1.807) is 0 Å². The summed E-state index contributed by atoms with van der Waals surface area (Å²) in [6.45, 7) is 11.1. The fraction of sp³-hybridized carbons (Fsp3) is 0.739. The monoisotopic (exact) mass is 376 g/mol. The van der Waals surface area contributed by atoms with Gasteiger partial charge in [0.1, 0.15) is 11.2 Å². The van der Waals surface area contributed by atoms with Crippen LogP contribution in [0.2, 0.25) is 0 Å². The number of esters is 2. The number of hydrogen-bond acceptors (Lipinski definition) is 4. The van der Waals surface area contributed by atoms with Crippen molar-refractivity contribution in [3.8, 4) is 0 Å². The lowest BCUT2D eigenvalue weighted by Crippen LogP contribution is -2.39. The van der Waals surface area contributed by atoms with E-state index >= 15 is 0 Å². The molecule has 4 nitrogen and oxygen atoms in total. The van der Waals surface area contributed by atoms with Gasteiger partial charge in [0, 0.05) is 12.2 Å². The minimum atomic E-state index is -0.274. The molecule has 3 unspecified atom stereocenters. The lowest BCUT2D eigenvalue weighted by atomic mass is 9.82. The number of carbonyl (C=O) groups excluding carboxylic acids is 2. The van der Waals surface area contributed by atoms with Crippen molar-refractivity contribution in [3.05, 3.63) is 25.3 Å². The Morgan fingerprint density at radius 3 is 2.04 bits per heavy atom. The first-order chi connectivity index (χ1) is 12.9. The van der Waals surface area contributed by atoms with Crippen LogP contribution < -0.4 is 0 Å². The number of rotatable bonds is 6. The molecule has 0 amide bonds. The zero-order chi connectivity index (χ0) is 19.9. The van der Waals surface area contributed by atoms with Crippen LogP contribution in [-0.4, -0.2) is 23.1 Å². The van der Waals surface area contributed by atoms with Crippen molar-refractivity contribution in [2.24, 2.45) is 11.8 Å². The van der Waals surface area contributed by atoms with Crippen LogP contribution >= 0.6 is 0 Å². The smallest absolute Gasteiger partial charge is 0.330 e. The van der Waals surface area contributed by atoms with Crippen molar-refractivity contribution < 1.29 is 19.1 Å². The zero-order valence-corrected chi connectivity index (χ0v) is 17.1. The summed E-state index contributed by atoms with van der Waals surface area (Å²) in [4.78, 5) is 22.4. The van der Waals surface area contributed by atoms with Crippen molar-refractivity contribution in [1.29, 1.82) is 0 Å². The molecule has 3 aliphatic carbocycles. The predicted octanol–water partition coefficient (Wildman–Crippen LogP) is 5.51. The molecule has 0 heterocycles. The van der Waals surface area contributed by atoms with Crippen molar-refractivity contribution in [2.75, 3.05) is 0 Å². The summed E-state index contributed by atoms with van der Waals surface area (Å²) in [6, 6.07) is 0. The van der Waals surface area contributed by atoms with Crippen molar-refractivity contribution in [2.45, 2.75) is 95.7 Å². The Morgan fingerprint density at radius 2 is 1.59 bits per heavy atom. The molecule has 152 valence electrons. The number of carbonyl (C=O) groups is 2. The maximum Gasteiger partial charge on any atom is 0.330 e. The van der Waals surface area contributed by atoms with Crippen LogP contribution in [0.4, 0.5) is 0 Å². The van der Waals surface area contributed by atoms with Crippen LogP contribution in [0.15, 0.2) is 25.3 Å². The second-order valence-electron chi connectivity index (χ2n) is 8.35. The van der Waals surface area contributed by atoms with Gasteiger partial charge in [0.15, 0.2) is 0 Å². The third kappa shape index (κ3) is 5.24. The Kier molecular flexibility index (Phi) is 7.69. The Hall–Kier alpha value is -1.58. The number of fused-ring (bicyclic) bond motifs is 2. The molecule has 0 aliphatic heterocycles. The summed E-state index contributed by atoms with van der Waals surface area (Å²) in [7, 11) is 0. The molecule has 3 saturated carbocycles. The topological polar surface area (TPSA) is 52.6 Å². The van der Waals surface area contributed by atoms with Gasteiger partial charge in [-0.05, 0) is 76.0 Å². The quantitative estimate of drug-likeness (QED) is 0.453. The summed E-state index contributed by atoms with van der Waals surface area (Å²) in [5.41, 5.74) is -0.322. The highest BCUT2D eigenvalue weighted by atomic mass is 16.6. The highest BCUT2D eigenvalue weighted by Crippen LogP contribution is 2.54. The van der Waals surface area contributed by atoms with Crippen LogP contribution in [0, 0.1) is 11.8 Å². The normalized spacial score (nSPS) is 30.6. The van der Waals surface area contributed by atoms with E-state index in [0.717, 1.165) is 38.0 Å². The zero-order valence-electron chi connectivity index (χ0n) is 17.1. The van der Waals surface area contributed by atoms with Gasteiger partial charge in [-0.25, -0.2) is 9.59 Å². The molecule has 2 bridgehead atoms. The third-order valence-corrected chi connectivity index (χ3v) is 6.88. The molecular formula is C23H36O4. The van der Waals surface area contributed by atoms with Crippen LogP contribution in [-0.2, 0) is 19.1 Å². The highest BCUT2D eigenvalue weighted by molar-refractivity contribution is 5.82. The van der Waals surface area contributed by atoms with Crippen LogP contribution in [0.1, 0.15) is 84.5 Å². The summed E-state index contributed by atoms with van der Waals surface area (Å²) >= 11 is 0. The molecule has 27 heavy (non-hydrogen) atoms. The number of ether oxygens (including phenoxy) is 2. The summed E-state index contributed by atoms with van der Waals surface area (Å²) in [6.07, 6.45) is 15.0. The van der Waals surface area contributed by atoms with Crippen LogP contribution in [0.25, 0.3) is 0 Å². The summed E-state index contributed by atoms with van der Waals surface area (Å²) in [5.74, 6) is 0.891. The SMILES string of the molecule is C=CC(=O)OC1(CC)CC2CCC1C2.C=CC(=O)OC1(CC)CCCCC1. The lowest BCUT2D eigenvalue weighted by Gasteiger charge is -2.36. The van der Waals surface area contributed by atoms with Crippen LogP contribution in [0.3, 0.4) is 0 Å². The number of hydrogen-bond donors (Lipinski definition) is 0. The predicted molar refractivity (Wildman–Crippen MR) is 107 cm³/mol. The van der Waals surface area contributed by atoms with Crippen LogP contribution in [0.5, 0.6) is 0 Å². The molecule has 0 aromatic rings. The first-order valence-corrected chi connectivity index (χ1v) is 10.6. The standard InChI is InChI=1S/C12H18O2.C11H18O2/c1-3-11(13)14-12(4-2)8-9-5-6-10(12)7-9;1-3-10(12)13-11(4-2)8-6-5-7-9-11/h3,9-10H,1,4-8H2,2H3;3H,1,4-9H2,2H3. The van der Waals surface area contributed by atoms with Gasteiger partial charge in [-0.15, -0.1) is 0 Å². The van der Waals surface area contributed by atoms with E-state index < -0.39 is 0 Å². The Balaban J connectivity index is 0.000000194.